The summed E-state index contributed by atoms with van der Waals surface area (Å²) in [7, 11) is 0. The van der Waals surface area contributed by atoms with E-state index in [0.29, 0.717) is 12.5 Å². The number of hydrogen-bond donors (Lipinski definition) is 1. The van der Waals surface area contributed by atoms with Crippen LogP contribution in [0.1, 0.15) is 37.5 Å². The van der Waals surface area contributed by atoms with Gasteiger partial charge in [0.05, 0.1) is 12.7 Å². The smallest absolute Gasteiger partial charge is 0.0841 e. The molecule has 0 radical (unpaired) electrons. The van der Waals surface area contributed by atoms with Crippen LogP contribution in [-0.4, -0.2) is 18.3 Å². The van der Waals surface area contributed by atoms with Crippen LogP contribution in [0.15, 0.2) is 24.3 Å². The van der Waals surface area contributed by atoms with Crippen LogP contribution in [0.25, 0.3) is 0 Å². The van der Waals surface area contributed by atoms with Crippen molar-refractivity contribution in [3.05, 3.63) is 35.4 Å². The second-order valence-electron chi connectivity index (χ2n) is 5.41. The van der Waals surface area contributed by atoms with Crippen LogP contribution < -0.4 is 0 Å². The highest BCUT2D eigenvalue weighted by Crippen LogP contribution is 2.29. The molecule has 1 saturated heterocycles. The lowest BCUT2D eigenvalue weighted by Gasteiger charge is -2.18. The van der Waals surface area contributed by atoms with Crippen LogP contribution in [0.5, 0.6) is 0 Å². The molecule has 2 nitrogen and oxygen atoms in total. The number of aliphatic hydroxyl groups is 1. The van der Waals surface area contributed by atoms with Crippen LogP contribution in [-0.2, 0) is 11.2 Å². The molecular formula is C15H22O2. The summed E-state index contributed by atoms with van der Waals surface area (Å²) in [5.41, 5.74) is 2.36. The van der Waals surface area contributed by atoms with E-state index in [2.05, 4.69) is 26.0 Å². The zero-order valence-corrected chi connectivity index (χ0v) is 10.7. The van der Waals surface area contributed by atoms with E-state index in [1.165, 1.54) is 5.56 Å². The van der Waals surface area contributed by atoms with Crippen molar-refractivity contribution in [2.75, 3.05) is 13.2 Å². The Balaban J connectivity index is 2.09. The average Bonchev–Trinajstić information content (AvgIpc) is 2.81. The molecule has 2 rings (SSSR count). The van der Waals surface area contributed by atoms with Gasteiger partial charge in [0, 0.05) is 12.5 Å². The molecule has 2 atom stereocenters. The van der Waals surface area contributed by atoms with Crippen LogP contribution in [0.3, 0.4) is 0 Å². The lowest BCUT2D eigenvalue weighted by molar-refractivity contribution is 0.0917. The van der Waals surface area contributed by atoms with Gasteiger partial charge >= 0.3 is 0 Å². The van der Waals surface area contributed by atoms with Crippen molar-refractivity contribution in [3.8, 4) is 0 Å². The predicted molar refractivity (Wildman–Crippen MR) is 68.9 cm³/mol. The Hall–Kier alpha value is -0.860. The molecule has 94 valence electrons. The summed E-state index contributed by atoms with van der Waals surface area (Å²) in [4.78, 5) is 0. The highest BCUT2D eigenvalue weighted by Gasteiger charge is 2.25. The van der Waals surface area contributed by atoms with E-state index in [0.717, 1.165) is 25.0 Å². The van der Waals surface area contributed by atoms with Gasteiger partial charge in [-0.1, -0.05) is 38.1 Å². The third-order valence-corrected chi connectivity index (χ3v) is 3.35. The third kappa shape index (κ3) is 3.30. The standard InChI is InChI=1S/C15H22O2/c1-11(2)8-12-4-3-5-13(9-12)15(16)14-6-7-17-10-14/h3-5,9,11,14-16H,6-8,10H2,1-2H3. The van der Waals surface area contributed by atoms with E-state index in [-0.39, 0.29) is 12.0 Å². The van der Waals surface area contributed by atoms with E-state index in [1.54, 1.807) is 0 Å². The molecule has 0 aliphatic carbocycles. The highest BCUT2D eigenvalue weighted by atomic mass is 16.5. The summed E-state index contributed by atoms with van der Waals surface area (Å²) in [6, 6.07) is 8.35. The molecule has 17 heavy (non-hydrogen) atoms. The van der Waals surface area contributed by atoms with Gasteiger partial charge in [-0.05, 0) is 29.9 Å². The lowest BCUT2D eigenvalue weighted by atomic mass is 9.92. The Morgan fingerprint density at radius 2 is 2.24 bits per heavy atom. The van der Waals surface area contributed by atoms with Crippen molar-refractivity contribution in [1.29, 1.82) is 0 Å². The quantitative estimate of drug-likeness (QED) is 0.868. The van der Waals surface area contributed by atoms with Gasteiger partial charge in [0.1, 0.15) is 0 Å². The van der Waals surface area contributed by atoms with Crippen molar-refractivity contribution in [2.45, 2.75) is 32.8 Å². The summed E-state index contributed by atoms with van der Waals surface area (Å²) in [6.45, 7) is 5.91. The summed E-state index contributed by atoms with van der Waals surface area (Å²) in [5.74, 6) is 0.918. The lowest BCUT2D eigenvalue weighted by Crippen LogP contribution is -2.12. The first-order valence-electron chi connectivity index (χ1n) is 6.51. The van der Waals surface area contributed by atoms with Crippen molar-refractivity contribution >= 4 is 0 Å². The van der Waals surface area contributed by atoms with Gasteiger partial charge in [-0.3, -0.25) is 0 Å². The molecule has 0 bridgehead atoms. The molecule has 0 saturated carbocycles. The number of aliphatic hydroxyl groups excluding tert-OH is 1. The minimum atomic E-state index is -0.371. The van der Waals surface area contributed by atoms with E-state index in [4.69, 9.17) is 4.74 Å². The van der Waals surface area contributed by atoms with E-state index >= 15 is 0 Å². The molecule has 1 aromatic rings. The summed E-state index contributed by atoms with van der Waals surface area (Å²) >= 11 is 0. The molecular weight excluding hydrogens is 212 g/mol. The molecule has 2 heteroatoms. The third-order valence-electron chi connectivity index (χ3n) is 3.35. The predicted octanol–water partition coefficient (Wildman–Crippen LogP) is 2.96. The van der Waals surface area contributed by atoms with Gasteiger partial charge in [0.15, 0.2) is 0 Å². The van der Waals surface area contributed by atoms with Crippen LogP contribution in [0.2, 0.25) is 0 Å². The maximum absolute atomic E-state index is 10.3. The van der Waals surface area contributed by atoms with Gasteiger partial charge in [-0.2, -0.15) is 0 Å². The van der Waals surface area contributed by atoms with Crippen molar-refractivity contribution in [3.63, 3.8) is 0 Å². The summed E-state index contributed by atoms with van der Waals surface area (Å²) in [6.07, 6.45) is 1.67. The van der Waals surface area contributed by atoms with Crippen molar-refractivity contribution in [1.82, 2.24) is 0 Å². The number of rotatable bonds is 4. The molecule has 1 heterocycles. The molecule has 2 unspecified atom stereocenters. The first-order valence-corrected chi connectivity index (χ1v) is 6.51. The van der Waals surface area contributed by atoms with Crippen LogP contribution in [0, 0.1) is 11.8 Å². The van der Waals surface area contributed by atoms with Gasteiger partial charge < -0.3 is 9.84 Å². The maximum atomic E-state index is 10.3. The second kappa shape index (κ2) is 5.65. The van der Waals surface area contributed by atoms with Crippen molar-refractivity contribution < 1.29 is 9.84 Å². The molecule has 1 aliphatic rings. The average molecular weight is 234 g/mol. The molecule has 1 aromatic carbocycles. The fourth-order valence-corrected chi connectivity index (χ4v) is 2.45. The van der Waals surface area contributed by atoms with E-state index in [1.807, 2.05) is 12.1 Å². The molecule has 1 aliphatic heterocycles. The zero-order chi connectivity index (χ0) is 12.3. The Morgan fingerprint density at radius 3 is 2.88 bits per heavy atom. The highest BCUT2D eigenvalue weighted by molar-refractivity contribution is 5.26. The largest absolute Gasteiger partial charge is 0.388 e. The Labute approximate surface area is 104 Å². The Bertz CT molecular complexity index is 354. The monoisotopic (exact) mass is 234 g/mol. The Kier molecular flexibility index (Phi) is 4.19. The molecule has 1 fully saturated rings. The van der Waals surface area contributed by atoms with E-state index in [9.17, 15) is 5.11 Å². The molecule has 1 N–H and O–H groups in total. The second-order valence-corrected chi connectivity index (χ2v) is 5.41. The number of hydrogen-bond acceptors (Lipinski definition) is 2. The molecule has 0 aromatic heterocycles. The molecule has 0 spiro atoms. The normalized spacial score (nSPS) is 22.0. The zero-order valence-electron chi connectivity index (χ0n) is 10.7. The fourth-order valence-electron chi connectivity index (χ4n) is 2.45. The first kappa shape index (κ1) is 12.6. The SMILES string of the molecule is CC(C)Cc1cccc(C(O)C2CCOC2)c1. The van der Waals surface area contributed by atoms with Gasteiger partial charge in [0.2, 0.25) is 0 Å². The maximum Gasteiger partial charge on any atom is 0.0841 e. The fraction of sp³-hybridized carbons (Fsp3) is 0.600. The molecule has 0 amide bonds. The van der Waals surface area contributed by atoms with Gasteiger partial charge in [0.25, 0.3) is 0 Å². The van der Waals surface area contributed by atoms with Gasteiger partial charge in [-0.15, -0.1) is 0 Å². The summed E-state index contributed by atoms with van der Waals surface area (Å²) in [5, 5.41) is 10.3. The topological polar surface area (TPSA) is 29.5 Å². The minimum Gasteiger partial charge on any atom is -0.388 e. The number of benzene rings is 1. The van der Waals surface area contributed by atoms with Crippen LogP contribution in [0.4, 0.5) is 0 Å². The van der Waals surface area contributed by atoms with E-state index < -0.39 is 0 Å². The van der Waals surface area contributed by atoms with Gasteiger partial charge in [-0.25, -0.2) is 0 Å². The first-order chi connectivity index (χ1) is 8.16. The summed E-state index contributed by atoms with van der Waals surface area (Å²) < 4.78 is 5.33. The Morgan fingerprint density at radius 1 is 1.41 bits per heavy atom. The van der Waals surface area contributed by atoms with Crippen LogP contribution >= 0.6 is 0 Å². The number of ether oxygens (including phenoxy) is 1. The minimum absolute atomic E-state index is 0.268. The van der Waals surface area contributed by atoms with Crippen molar-refractivity contribution in [2.24, 2.45) is 11.8 Å².